The summed E-state index contributed by atoms with van der Waals surface area (Å²) in [5.74, 6) is 0.362. The first-order valence-electron chi connectivity index (χ1n) is 7.05. The lowest BCUT2D eigenvalue weighted by Crippen LogP contribution is -2.27. The topological polar surface area (TPSA) is 20.3 Å². The van der Waals surface area contributed by atoms with Gasteiger partial charge >= 0.3 is 0 Å². The second kappa shape index (κ2) is 8.65. The number of allylic oxidation sites excluding steroid dienone is 1. The molecule has 0 saturated heterocycles. The number of carbonyl (C=O) groups is 1. The van der Waals surface area contributed by atoms with E-state index in [0.29, 0.717) is 0 Å². The molecule has 1 atom stereocenters. The second-order valence-corrected chi connectivity index (χ2v) is 5.25. The molecule has 1 aromatic carbocycles. The van der Waals surface area contributed by atoms with Gasteiger partial charge in [-0.2, -0.15) is 0 Å². The highest BCUT2D eigenvalue weighted by Gasteiger charge is 2.16. The van der Waals surface area contributed by atoms with Gasteiger partial charge in [0.25, 0.3) is 0 Å². The van der Waals surface area contributed by atoms with Crippen molar-refractivity contribution in [3.05, 3.63) is 42.0 Å². The van der Waals surface area contributed by atoms with Gasteiger partial charge in [-0.3, -0.25) is 4.79 Å². The van der Waals surface area contributed by atoms with Crippen LogP contribution in [0.1, 0.15) is 31.7 Å². The zero-order valence-corrected chi connectivity index (χ0v) is 12.3. The molecule has 0 spiro atoms. The van der Waals surface area contributed by atoms with Gasteiger partial charge in [-0.25, -0.2) is 0 Å². The van der Waals surface area contributed by atoms with Crippen molar-refractivity contribution in [1.29, 1.82) is 0 Å². The minimum atomic E-state index is 0.120. The van der Waals surface area contributed by atoms with Crippen molar-refractivity contribution in [3.8, 4) is 0 Å². The number of benzene rings is 1. The van der Waals surface area contributed by atoms with Crippen LogP contribution in [0.15, 0.2) is 36.4 Å². The molecule has 0 saturated carbocycles. The van der Waals surface area contributed by atoms with E-state index in [1.807, 2.05) is 50.5 Å². The van der Waals surface area contributed by atoms with Crippen molar-refractivity contribution in [2.75, 3.05) is 20.6 Å². The van der Waals surface area contributed by atoms with E-state index < -0.39 is 0 Å². The zero-order valence-electron chi connectivity index (χ0n) is 12.3. The number of ketones is 1. The summed E-state index contributed by atoms with van der Waals surface area (Å²) < 4.78 is 0. The molecule has 2 nitrogen and oxygen atoms in total. The van der Waals surface area contributed by atoms with Crippen molar-refractivity contribution in [2.24, 2.45) is 5.92 Å². The molecule has 19 heavy (non-hydrogen) atoms. The van der Waals surface area contributed by atoms with Gasteiger partial charge in [-0.1, -0.05) is 56.2 Å². The van der Waals surface area contributed by atoms with Crippen molar-refractivity contribution in [2.45, 2.75) is 26.2 Å². The summed E-state index contributed by atoms with van der Waals surface area (Å²) in [7, 11) is 4.04. The molecule has 1 rings (SSSR count). The molecule has 0 radical (unpaired) electrons. The lowest BCUT2D eigenvalue weighted by atomic mass is 9.96. The van der Waals surface area contributed by atoms with Crippen molar-refractivity contribution in [3.63, 3.8) is 0 Å². The van der Waals surface area contributed by atoms with Gasteiger partial charge in [0.1, 0.15) is 0 Å². The predicted octanol–water partition coefficient (Wildman–Crippen LogP) is 3.64. The maximum atomic E-state index is 12.2. The largest absolute Gasteiger partial charge is 0.309 e. The third-order valence-corrected chi connectivity index (χ3v) is 3.13. The standard InChI is InChI=1S/C17H25NO/c1-4-5-11-16(14-18(2)3)17(19)13-12-15-9-7-6-8-10-15/h6-10,12-13,16H,4-5,11,14H2,1-3H3/b13-12+/t16-/m0/s1. The molecule has 0 amide bonds. The highest BCUT2D eigenvalue weighted by Crippen LogP contribution is 2.13. The van der Waals surface area contributed by atoms with E-state index in [1.54, 1.807) is 6.08 Å². The molecule has 104 valence electrons. The van der Waals surface area contributed by atoms with Crippen LogP contribution in [-0.4, -0.2) is 31.3 Å². The molecule has 1 aromatic rings. The molecule has 0 heterocycles. The van der Waals surface area contributed by atoms with Gasteiger partial charge in [-0.15, -0.1) is 0 Å². The Hall–Kier alpha value is -1.41. The zero-order chi connectivity index (χ0) is 14.1. The van der Waals surface area contributed by atoms with Gasteiger partial charge in [0, 0.05) is 12.5 Å². The fraction of sp³-hybridized carbons (Fsp3) is 0.471. The van der Waals surface area contributed by atoms with E-state index in [0.717, 1.165) is 31.4 Å². The Kier molecular flexibility index (Phi) is 7.12. The Morgan fingerprint density at radius 2 is 1.95 bits per heavy atom. The van der Waals surface area contributed by atoms with Crippen molar-refractivity contribution < 1.29 is 4.79 Å². The van der Waals surface area contributed by atoms with Gasteiger partial charge in [0.2, 0.25) is 0 Å². The van der Waals surface area contributed by atoms with Crippen LogP contribution in [0.5, 0.6) is 0 Å². The number of hydrogen-bond donors (Lipinski definition) is 0. The minimum absolute atomic E-state index is 0.120. The maximum Gasteiger partial charge on any atom is 0.160 e. The summed E-state index contributed by atoms with van der Waals surface area (Å²) in [6.45, 7) is 3.00. The van der Waals surface area contributed by atoms with Crippen LogP contribution in [0.25, 0.3) is 6.08 Å². The predicted molar refractivity (Wildman–Crippen MR) is 82.1 cm³/mol. The average Bonchev–Trinajstić information content (AvgIpc) is 2.41. The first kappa shape index (κ1) is 15.6. The van der Waals surface area contributed by atoms with Crippen LogP contribution in [-0.2, 0) is 4.79 Å². The first-order valence-corrected chi connectivity index (χ1v) is 7.05. The molecule has 0 aromatic heterocycles. The van der Waals surface area contributed by atoms with E-state index in [2.05, 4.69) is 11.8 Å². The van der Waals surface area contributed by atoms with Crippen LogP contribution in [0.3, 0.4) is 0 Å². The van der Waals surface area contributed by atoms with E-state index in [1.165, 1.54) is 0 Å². The van der Waals surface area contributed by atoms with Crippen molar-refractivity contribution >= 4 is 11.9 Å². The summed E-state index contributed by atoms with van der Waals surface area (Å²) in [5.41, 5.74) is 1.08. The number of unbranched alkanes of at least 4 members (excludes halogenated alkanes) is 1. The van der Waals surface area contributed by atoms with E-state index in [-0.39, 0.29) is 11.7 Å². The lowest BCUT2D eigenvalue weighted by Gasteiger charge is -2.18. The van der Waals surface area contributed by atoms with Gasteiger partial charge in [0.15, 0.2) is 5.78 Å². The molecule has 0 aliphatic carbocycles. The SMILES string of the molecule is CCCC[C@@H](CN(C)C)C(=O)/C=C/c1ccccc1. The monoisotopic (exact) mass is 259 g/mol. The summed E-state index contributed by atoms with van der Waals surface area (Å²) >= 11 is 0. The molecular formula is C17H25NO. The first-order chi connectivity index (χ1) is 9.13. The quantitative estimate of drug-likeness (QED) is 0.664. The molecule has 0 aliphatic rings. The lowest BCUT2D eigenvalue weighted by molar-refractivity contribution is -0.118. The summed E-state index contributed by atoms with van der Waals surface area (Å²) in [5, 5.41) is 0. The Balaban J connectivity index is 2.62. The average molecular weight is 259 g/mol. The minimum Gasteiger partial charge on any atom is -0.309 e. The molecule has 0 unspecified atom stereocenters. The van der Waals surface area contributed by atoms with Crippen LogP contribution in [0.4, 0.5) is 0 Å². The number of nitrogens with zero attached hydrogens (tertiary/aromatic N) is 1. The highest BCUT2D eigenvalue weighted by atomic mass is 16.1. The second-order valence-electron chi connectivity index (χ2n) is 5.25. The van der Waals surface area contributed by atoms with E-state index in [4.69, 9.17) is 0 Å². The fourth-order valence-electron chi connectivity index (χ4n) is 2.09. The van der Waals surface area contributed by atoms with Crippen LogP contribution in [0.2, 0.25) is 0 Å². The molecule has 0 fully saturated rings. The Morgan fingerprint density at radius 3 is 2.53 bits per heavy atom. The summed E-state index contributed by atoms with van der Waals surface area (Å²) in [4.78, 5) is 14.3. The Labute approximate surface area is 117 Å². The van der Waals surface area contributed by atoms with Gasteiger partial charge < -0.3 is 4.90 Å². The van der Waals surface area contributed by atoms with Crippen molar-refractivity contribution in [1.82, 2.24) is 4.90 Å². The van der Waals surface area contributed by atoms with Crippen LogP contribution >= 0.6 is 0 Å². The Bertz CT molecular complexity index is 395. The third kappa shape index (κ3) is 6.35. The smallest absolute Gasteiger partial charge is 0.160 e. The van der Waals surface area contributed by atoms with E-state index >= 15 is 0 Å². The van der Waals surface area contributed by atoms with Gasteiger partial charge in [0.05, 0.1) is 0 Å². The Morgan fingerprint density at radius 1 is 1.26 bits per heavy atom. The fourth-order valence-corrected chi connectivity index (χ4v) is 2.09. The molecule has 0 N–H and O–H groups in total. The highest BCUT2D eigenvalue weighted by molar-refractivity contribution is 5.95. The number of carbonyl (C=O) groups excluding carboxylic acids is 1. The van der Waals surface area contributed by atoms with Gasteiger partial charge in [-0.05, 0) is 32.2 Å². The van der Waals surface area contributed by atoms with Crippen LogP contribution in [0, 0.1) is 5.92 Å². The molecule has 0 aliphatic heterocycles. The molecular weight excluding hydrogens is 234 g/mol. The van der Waals surface area contributed by atoms with Crippen LogP contribution < -0.4 is 0 Å². The third-order valence-electron chi connectivity index (χ3n) is 3.13. The molecule has 2 heteroatoms. The summed E-state index contributed by atoms with van der Waals surface area (Å²) in [6.07, 6.45) is 6.88. The number of rotatable bonds is 8. The summed E-state index contributed by atoms with van der Waals surface area (Å²) in [6, 6.07) is 9.97. The number of hydrogen-bond acceptors (Lipinski definition) is 2. The maximum absolute atomic E-state index is 12.2. The normalized spacial score (nSPS) is 13.1. The van der Waals surface area contributed by atoms with E-state index in [9.17, 15) is 4.79 Å². The molecule has 0 bridgehead atoms.